The Morgan fingerprint density at radius 2 is 1.91 bits per heavy atom. The molecule has 3 N–H and O–H groups in total. The molecule has 1 aromatic carbocycles. The van der Waals surface area contributed by atoms with Crippen LogP contribution in [0.3, 0.4) is 0 Å². The number of piperidine rings is 1. The average molecular weight is 444 g/mol. The van der Waals surface area contributed by atoms with Crippen LogP contribution in [0.15, 0.2) is 30.6 Å². The minimum Gasteiger partial charge on any atom is -0.383 e. The number of carbonyl (C=O) groups excluding carboxylic acids is 1. The first-order chi connectivity index (χ1) is 15.2. The molecule has 4 heterocycles. The highest BCUT2D eigenvalue weighted by atomic mass is 19.4. The van der Waals surface area contributed by atoms with Gasteiger partial charge in [0.05, 0.1) is 22.8 Å². The number of nitrogen functional groups attached to an aromatic ring is 1. The lowest BCUT2D eigenvalue weighted by molar-refractivity contribution is -0.136. The molecular formula is C22H23F3N6O. The largest absolute Gasteiger partial charge is 0.421 e. The molecule has 2 aliphatic rings. The zero-order valence-corrected chi connectivity index (χ0v) is 17.5. The lowest BCUT2D eigenvalue weighted by atomic mass is 9.77. The Balaban J connectivity index is 1.62. The number of benzene rings is 1. The molecule has 32 heavy (non-hydrogen) atoms. The number of nitrogens with zero attached hydrogens (tertiary/aromatic N) is 4. The highest BCUT2D eigenvalue weighted by Crippen LogP contribution is 2.47. The zero-order chi connectivity index (χ0) is 22.7. The molecule has 1 spiro atoms. The van der Waals surface area contributed by atoms with E-state index < -0.39 is 23.0 Å². The number of nitrogens with two attached hydrogens (primary N) is 1. The number of hydrogen-bond acceptors (Lipinski definition) is 5. The Morgan fingerprint density at radius 3 is 2.56 bits per heavy atom. The van der Waals surface area contributed by atoms with E-state index in [0.717, 1.165) is 17.3 Å². The van der Waals surface area contributed by atoms with Crippen LogP contribution in [0, 0.1) is 5.41 Å². The van der Waals surface area contributed by atoms with E-state index in [1.54, 1.807) is 21.8 Å². The molecule has 0 atom stereocenters. The van der Waals surface area contributed by atoms with Crippen molar-refractivity contribution in [3.63, 3.8) is 0 Å². The van der Waals surface area contributed by atoms with Crippen molar-refractivity contribution in [1.82, 2.24) is 20.1 Å². The maximum atomic E-state index is 14.1. The van der Waals surface area contributed by atoms with Gasteiger partial charge in [0.1, 0.15) is 11.4 Å². The Labute approximate surface area is 182 Å². The normalized spacial score (nSPS) is 18.5. The molecule has 1 amide bonds. The van der Waals surface area contributed by atoms with Gasteiger partial charge in [0.15, 0.2) is 0 Å². The molecule has 2 saturated heterocycles. The van der Waals surface area contributed by atoms with Crippen LogP contribution < -0.4 is 16.0 Å². The quantitative estimate of drug-likeness (QED) is 0.633. The molecular weight excluding hydrogens is 421 g/mol. The van der Waals surface area contributed by atoms with E-state index in [9.17, 15) is 18.0 Å². The van der Waals surface area contributed by atoms with Crippen LogP contribution in [0.1, 0.15) is 24.8 Å². The number of fused-ring (bicyclic) bond motifs is 1. The van der Waals surface area contributed by atoms with Gasteiger partial charge in [0.25, 0.3) is 0 Å². The SMILES string of the molecule is Cn1ncc2cc(-c3cnc(N)c(C(F)(F)F)c3N3CCC4(CCNC4=O)CC3)ccc21. The first-order valence-electron chi connectivity index (χ1n) is 10.5. The van der Waals surface area contributed by atoms with E-state index >= 15 is 0 Å². The number of halogens is 3. The Kier molecular flexibility index (Phi) is 4.58. The summed E-state index contributed by atoms with van der Waals surface area (Å²) in [5, 5.41) is 7.90. The van der Waals surface area contributed by atoms with Crippen LogP contribution in [-0.2, 0) is 18.0 Å². The number of aryl methyl sites for hydroxylation is 1. The highest BCUT2D eigenvalue weighted by molar-refractivity contribution is 5.90. The fourth-order valence-corrected chi connectivity index (χ4v) is 5.02. The third-order valence-corrected chi connectivity index (χ3v) is 6.83. The maximum Gasteiger partial charge on any atom is 0.421 e. The van der Waals surface area contributed by atoms with Crippen molar-refractivity contribution < 1.29 is 18.0 Å². The van der Waals surface area contributed by atoms with Crippen molar-refractivity contribution in [2.75, 3.05) is 30.3 Å². The molecule has 2 aromatic heterocycles. The first-order valence-corrected chi connectivity index (χ1v) is 10.5. The summed E-state index contributed by atoms with van der Waals surface area (Å²) in [6.45, 7) is 1.29. The van der Waals surface area contributed by atoms with E-state index in [0.29, 0.717) is 43.6 Å². The van der Waals surface area contributed by atoms with Crippen molar-refractivity contribution in [2.45, 2.75) is 25.4 Å². The second-order valence-corrected chi connectivity index (χ2v) is 8.59. The molecule has 168 valence electrons. The van der Waals surface area contributed by atoms with Gasteiger partial charge in [0, 0.05) is 43.8 Å². The summed E-state index contributed by atoms with van der Waals surface area (Å²) < 4.78 is 44.2. The summed E-state index contributed by atoms with van der Waals surface area (Å²) in [7, 11) is 1.81. The summed E-state index contributed by atoms with van der Waals surface area (Å²) in [6, 6.07) is 5.42. The predicted molar refractivity (Wildman–Crippen MR) is 115 cm³/mol. The number of rotatable bonds is 2. The van der Waals surface area contributed by atoms with Gasteiger partial charge in [-0.2, -0.15) is 18.3 Å². The van der Waals surface area contributed by atoms with Crippen molar-refractivity contribution in [3.05, 3.63) is 36.2 Å². The monoisotopic (exact) mass is 444 g/mol. The summed E-state index contributed by atoms with van der Waals surface area (Å²) >= 11 is 0. The van der Waals surface area contributed by atoms with E-state index in [1.807, 2.05) is 19.2 Å². The van der Waals surface area contributed by atoms with Crippen LogP contribution in [0.25, 0.3) is 22.0 Å². The van der Waals surface area contributed by atoms with Crippen LogP contribution in [0.5, 0.6) is 0 Å². The summed E-state index contributed by atoms with van der Waals surface area (Å²) in [5.41, 5.74) is 6.23. The van der Waals surface area contributed by atoms with Gasteiger partial charge in [-0.3, -0.25) is 9.48 Å². The van der Waals surface area contributed by atoms with Gasteiger partial charge in [-0.15, -0.1) is 0 Å². The Morgan fingerprint density at radius 1 is 1.16 bits per heavy atom. The molecule has 0 radical (unpaired) electrons. The Hall–Kier alpha value is -3.30. The molecule has 0 bridgehead atoms. The van der Waals surface area contributed by atoms with Crippen molar-refractivity contribution in [3.8, 4) is 11.1 Å². The minimum atomic E-state index is -4.67. The van der Waals surface area contributed by atoms with Gasteiger partial charge in [0.2, 0.25) is 5.91 Å². The van der Waals surface area contributed by atoms with Gasteiger partial charge in [-0.25, -0.2) is 4.98 Å². The van der Waals surface area contributed by atoms with Crippen LogP contribution >= 0.6 is 0 Å². The maximum absolute atomic E-state index is 14.1. The second kappa shape index (κ2) is 7.11. The molecule has 5 rings (SSSR count). The van der Waals surface area contributed by atoms with Crippen molar-refractivity contribution >= 4 is 28.3 Å². The molecule has 2 fully saturated rings. The smallest absolute Gasteiger partial charge is 0.383 e. The van der Waals surface area contributed by atoms with Crippen LogP contribution in [0.4, 0.5) is 24.7 Å². The standard InChI is InChI=1S/C22H23F3N6O/c1-30-16-3-2-13(10-14(16)11-29-30)15-12-28-19(26)17(22(23,24)25)18(15)31-8-5-21(6-9-31)4-7-27-20(21)32/h2-3,10-12H,4-9H2,1H3,(H2,26,28)(H,27,32). The third-order valence-electron chi connectivity index (χ3n) is 6.83. The number of hydrogen-bond donors (Lipinski definition) is 2. The first kappa shape index (κ1) is 20.6. The Bertz CT molecular complexity index is 1210. The van der Waals surface area contributed by atoms with E-state index in [1.165, 1.54) is 6.20 Å². The number of pyridine rings is 1. The van der Waals surface area contributed by atoms with Crippen LogP contribution in [0.2, 0.25) is 0 Å². The molecule has 0 unspecified atom stereocenters. The number of aromatic nitrogens is 3. The lowest BCUT2D eigenvalue weighted by Gasteiger charge is -2.40. The summed E-state index contributed by atoms with van der Waals surface area (Å²) in [5.74, 6) is -0.540. The third kappa shape index (κ3) is 3.16. The topological polar surface area (TPSA) is 89.1 Å². The summed E-state index contributed by atoms with van der Waals surface area (Å²) in [6.07, 6.45) is 0.135. The molecule has 0 saturated carbocycles. The second-order valence-electron chi connectivity index (χ2n) is 8.59. The van der Waals surface area contributed by atoms with Gasteiger partial charge >= 0.3 is 6.18 Å². The number of anilines is 2. The molecule has 0 aliphatic carbocycles. The lowest BCUT2D eigenvalue weighted by Crippen LogP contribution is -2.44. The molecule has 10 heteroatoms. The minimum absolute atomic E-state index is 0.00434. The van der Waals surface area contributed by atoms with Gasteiger partial charge in [-0.05, 0) is 37.0 Å². The van der Waals surface area contributed by atoms with E-state index in [4.69, 9.17) is 5.73 Å². The fraction of sp³-hybridized carbons (Fsp3) is 0.409. The van der Waals surface area contributed by atoms with Crippen LogP contribution in [-0.4, -0.2) is 40.3 Å². The fourth-order valence-electron chi connectivity index (χ4n) is 5.02. The zero-order valence-electron chi connectivity index (χ0n) is 17.5. The van der Waals surface area contributed by atoms with Gasteiger partial charge in [-0.1, -0.05) is 6.07 Å². The predicted octanol–water partition coefficient (Wildman–Crippen LogP) is 3.34. The number of nitrogens with one attached hydrogen (secondary N) is 1. The number of amides is 1. The van der Waals surface area contributed by atoms with E-state index in [2.05, 4.69) is 15.4 Å². The van der Waals surface area contributed by atoms with Crippen molar-refractivity contribution in [2.24, 2.45) is 12.5 Å². The van der Waals surface area contributed by atoms with Gasteiger partial charge < -0.3 is 16.0 Å². The summed E-state index contributed by atoms with van der Waals surface area (Å²) in [4.78, 5) is 17.9. The van der Waals surface area contributed by atoms with E-state index in [-0.39, 0.29) is 11.6 Å². The highest BCUT2D eigenvalue weighted by Gasteiger charge is 2.46. The number of carbonyl (C=O) groups is 1. The average Bonchev–Trinajstić information content (AvgIpc) is 3.30. The van der Waals surface area contributed by atoms with Crippen molar-refractivity contribution in [1.29, 1.82) is 0 Å². The number of alkyl halides is 3. The molecule has 2 aliphatic heterocycles. The molecule has 7 nitrogen and oxygen atoms in total. The molecule has 3 aromatic rings.